The fourth-order valence-corrected chi connectivity index (χ4v) is 4.39. The minimum absolute atomic E-state index is 0.0273. The van der Waals surface area contributed by atoms with Gasteiger partial charge in [0, 0.05) is 29.2 Å². The van der Waals surface area contributed by atoms with E-state index < -0.39 is 17.3 Å². The molecule has 1 aromatic heterocycles. The first-order valence-electron chi connectivity index (χ1n) is 10.4. The van der Waals surface area contributed by atoms with Crippen LogP contribution in [-0.2, 0) is 4.79 Å². The van der Waals surface area contributed by atoms with Crippen molar-refractivity contribution in [3.63, 3.8) is 0 Å². The summed E-state index contributed by atoms with van der Waals surface area (Å²) in [4.78, 5) is 25.4. The molecule has 0 bridgehead atoms. The van der Waals surface area contributed by atoms with Crippen LogP contribution in [0, 0.1) is 0 Å². The van der Waals surface area contributed by atoms with Gasteiger partial charge in [0.2, 0.25) is 6.79 Å². The van der Waals surface area contributed by atoms with E-state index in [0.717, 1.165) is 0 Å². The van der Waals surface area contributed by atoms with Crippen LogP contribution in [-0.4, -0.2) is 28.1 Å². The van der Waals surface area contributed by atoms with Crippen molar-refractivity contribution < 1.29 is 38.7 Å². The van der Waals surface area contributed by atoms with Crippen molar-refractivity contribution in [2.24, 2.45) is 0 Å². The predicted molar refractivity (Wildman–Crippen MR) is 118 cm³/mol. The van der Waals surface area contributed by atoms with Crippen molar-refractivity contribution >= 4 is 16.9 Å². The van der Waals surface area contributed by atoms with E-state index in [1.165, 1.54) is 30.3 Å². The van der Waals surface area contributed by atoms with E-state index >= 15 is 0 Å². The summed E-state index contributed by atoms with van der Waals surface area (Å²) >= 11 is 0. The van der Waals surface area contributed by atoms with E-state index in [-0.39, 0.29) is 52.9 Å². The van der Waals surface area contributed by atoms with Crippen molar-refractivity contribution in [1.82, 2.24) is 0 Å². The molecule has 4 aromatic rings. The lowest BCUT2D eigenvalue weighted by Gasteiger charge is -2.26. The molecular formula is C25H16O9. The van der Waals surface area contributed by atoms with Crippen LogP contribution in [0.2, 0.25) is 0 Å². The number of phenols is 3. The van der Waals surface area contributed by atoms with Gasteiger partial charge in [-0.15, -0.1) is 0 Å². The smallest absolute Gasteiger partial charge is 0.312 e. The first-order chi connectivity index (χ1) is 16.4. The highest BCUT2D eigenvalue weighted by Gasteiger charge is 2.34. The average molecular weight is 460 g/mol. The Kier molecular flexibility index (Phi) is 4.22. The molecule has 34 heavy (non-hydrogen) atoms. The Bertz CT molecular complexity index is 1570. The largest absolute Gasteiger partial charge is 0.507 e. The summed E-state index contributed by atoms with van der Waals surface area (Å²) in [5.41, 5.74) is 1.00. The Morgan fingerprint density at radius 1 is 0.794 bits per heavy atom. The number of phenolic OH excluding ortho intramolecular Hbond substituents is 3. The lowest BCUT2D eigenvalue weighted by atomic mass is 9.85. The Morgan fingerprint density at radius 3 is 2.44 bits per heavy atom. The van der Waals surface area contributed by atoms with Crippen LogP contribution in [0.5, 0.6) is 34.5 Å². The Balaban J connectivity index is 1.62. The van der Waals surface area contributed by atoms with Gasteiger partial charge in [-0.2, -0.15) is 0 Å². The molecule has 0 spiro atoms. The van der Waals surface area contributed by atoms with Crippen LogP contribution in [0.3, 0.4) is 0 Å². The van der Waals surface area contributed by atoms with Crippen molar-refractivity contribution in [2.75, 3.05) is 6.79 Å². The third-order valence-corrected chi connectivity index (χ3v) is 5.98. The zero-order valence-electron chi connectivity index (χ0n) is 17.4. The molecule has 9 heteroatoms. The van der Waals surface area contributed by atoms with E-state index in [2.05, 4.69) is 0 Å². The Morgan fingerprint density at radius 2 is 1.62 bits per heavy atom. The van der Waals surface area contributed by atoms with E-state index in [1.807, 2.05) is 0 Å². The highest BCUT2D eigenvalue weighted by atomic mass is 16.7. The lowest BCUT2D eigenvalue weighted by molar-refractivity contribution is -0.135. The van der Waals surface area contributed by atoms with Gasteiger partial charge < -0.3 is 33.9 Å². The number of rotatable bonds is 2. The maximum absolute atomic E-state index is 13.0. The molecule has 0 aliphatic carbocycles. The Labute approximate surface area is 191 Å². The summed E-state index contributed by atoms with van der Waals surface area (Å²) in [5.74, 6) is -0.860. The summed E-state index contributed by atoms with van der Waals surface area (Å²) in [6.45, 7) is 0.0938. The predicted octanol–water partition coefficient (Wildman–Crippen LogP) is 3.75. The first kappa shape index (κ1) is 20.0. The minimum atomic E-state index is -0.555. The zero-order valence-corrected chi connectivity index (χ0v) is 17.4. The summed E-state index contributed by atoms with van der Waals surface area (Å²) in [6.07, 6.45) is -0.0273. The average Bonchev–Trinajstić information content (AvgIpc) is 3.27. The number of benzene rings is 3. The standard InChI is InChI=1S/C25H16O9/c26-14-3-1-12(5-15(14)27)19-8-16(28)24-17(29)9-21-23(25(24)34-19)13(7-22(30)33-21)11-2-4-18-20(6-11)32-10-31-18/h1-6,8-9,13,26-27,29H,7,10H2/t13-/m1/s1. The van der Waals surface area contributed by atoms with Crippen LogP contribution in [0.25, 0.3) is 22.3 Å². The van der Waals surface area contributed by atoms with Crippen molar-refractivity contribution in [3.05, 3.63) is 69.9 Å². The van der Waals surface area contributed by atoms with Crippen molar-refractivity contribution in [2.45, 2.75) is 12.3 Å². The molecule has 0 radical (unpaired) electrons. The highest BCUT2D eigenvalue weighted by Crippen LogP contribution is 2.47. The second kappa shape index (κ2) is 7.17. The number of carbonyl (C=O) groups is 1. The van der Waals surface area contributed by atoms with Crippen molar-refractivity contribution in [3.8, 4) is 45.8 Å². The van der Waals surface area contributed by atoms with Gasteiger partial charge in [-0.25, -0.2) is 0 Å². The molecule has 3 aromatic carbocycles. The number of fused-ring (bicyclic) bond motifs is 4. The number of hydrogen-bond donors (Lipinski definition) is 3. The fourth-order valence-electron chi connectivity index (χ4n) is 4.39. The molecule has 0 saturated carbocycles. The second-order valence-corrected chi connectivity index (χ2v) is 8.03. The van der Waals surface area contributed by atoms with Crippen LogP contribution in [0.1, 0.15) is 23.5 Å². The van der Waals surface area contributed by atoms with E-state index in [1.54, 1.807) is 18.2 Å². The van der Waals surface area contributed by atoms with Gasteiger partial charge in [-0.3, -0.25) is 9.59 Å². The van der Waals surface area contributed by atoms with Gasteiger partial charge in [-0.1, -0.05) is 6.07 Å². The molecule has 9 nitrogen and oxygen atoms in total. The van der Waals surface area contributed by atoms with Crippen LogP contribution < -0.4 is 19.6 Å². The third kappa shape index (κ3) is 3.01. The number of aromatic hydroxyl groups is 3. The molecule has 1 atom stereocenters. The molecule has 0 amide bonds. The normalized spacial score (nSPS) is 16.4. The number of hydrogen-bond acceptors (Lipinski definition) is 9. The van der Waals surface area contributed by atoms with Crippen LogP contribution in [0.15, 0.2) is 57.7 Å². The molecule has 3 heterocycles. The lowest BCUT2D eigenvalue weighted by Crippen LogP contribution is -2.22. The highest BCUT2D eigenvalue weighted by molar-refractivity contribution is 5.93. The minimum Gasteiger partial charge on any atom is -0.507 e. The van der Waals surface area contributed by atoms with E-state index in [9.17, 15) is 24.9 Å². The number of carbonyl (C=O) groups excluding carboxylic acids is 1. The molecular weight excluding hydrogens is 444 g/mol. The van der Waals surface area contributed by atoms with E-state index in [4.69, 9.17) is 18.6 Å². The molecule has 2 aliphatic rings. The molecule has 170 valence electrons. The van der Waals surface area contributed by atoms with Crippen LogP contribution in [0.4, 0.5) is 0 Å². The van der Waals surface area contributed by atoms with Crippen LogP contribution >= 0.6 is 0 Å². The van der Waals surface area contributed by atoms with Gasteiger partial charge in [0.15, 0.2) is 28.4 Å². The maximum atomic E-state index is 13.0. The Hall–Kier alpha value is -4.66. The summed E-state index contributed by atoms with van der Waals surface area (Å²) < 4.78 is 22.3. The van der Waals surface area contributed by atoms with E-state index in [0.29, 0.717) is 28.2 Å². The quantitative estimate of drug-likeness (QED) is 0.232. The summed E-state index contributed by atoms with van der Waals surface area (Å²) in [5, 5.41) is 30.0. The van der Waals surface area contributed by atoms with Gasteiger partial charge >= 0.3 is 5.97 Å². The summed E-state index contributed by atoms with van der Waals surface area (Å²) in [6, 6.07) is 11.7. The molecule has 0 unspecified atom stereocenters. The van der Waals surface area contributed by atoms with Gasteiger partial charge in [-0.05, 0) is 35.9 Å². The molecule has 3 N–H and O–H groups in total. The molecule has 2 aliphatic heterocycles. The summed E-state index contributed by atoms with van der Waals surface area (Å²) in [7, 11) is 0. The zero-order chi connectivity index (χ0) is 23.6. The number of esters is 1. The number of ether oxygens (including phenoxy) is 3. The molecule has 0 saturated heterocycles. The first-order valence-corrected chi connectivity index (χ1v) is 10.4. The maximum Gasteiger partial charge on any atom is 0.312 e. The monoisotopic (exact) mass is 460 g/mol. The molecule has 0 fully saturated rings. The van der Waals surface area contributed by atoms with Gasteiger partial charge in [0.25, 0.3) is 0 Å². The second-order valence-electron chi connectivity index (χ2n) is 8.03. The SMILES string of the molecule is O=C1C[C@H](c2ccc3c(c2)OCO3)c2c(cc(O)c3c(=O)cc(-c4ccc(O)c(O)c4)oc23)O1. The molecule has 6 rings (SSSR count). The van der Waals surface area contributed by atoms with Gasteiger partial charge in [0.05, 0.1) is 6.42 Å². The third-order valence-electron chi connectivity index (χ3n) is 5.98. The van der Waals surface area contributed by atoms with Crippen molar-refractivity contribution in [1.29, 1.82) is 0 Å². The topological polar surface area (TPSA) is 136 Å². The van der Waals surface area contributed by atoms with Gasteiger partial charge in [0.1, 0.15) is 28.2 Å². The fraction of sp³-hybridized carbons (Fsp3) is 0.120.